The van der Waals surface area contributed by atoms with Crippen molar-refractivity contribution in [3.05, 3.63) is 77.9 Å². The minimum Gasteiger partial charge on any atom is -0.340 e. The summed E-state index contributed by atoms with van der Waals surface area (Å²) >= 11 is 1.62. The Balaban J connectivity index is 1.90. The van der Waals surface area contributed by atoms with Crippen LogP contribution in [0.3, 0.4) is 0 Å². The molecule has 2 aromatic rings. The van der Waals surface area contributed by atoms with Gasteiger partial charge in [0.25, 0.3) is 11.8 Å². The summed E-state index contributed by atoms with van der Waals surface area (Å²) in [6.07, 6.45) is 7.63. The van der Waals surface area contributed by atoms with E-state index < -0.39 is 6.04 Å². The number of hydrogen-bond donors (Lipinski definition) is 2. The molecule has 0 aliphatic heterocycles. The molecule has 0 aliphatic carbocycles. The van der Waals surface area contributed by atoms with Crippen LogP contribution in [0.5, 0.6) is 0 Å². The molecule has 6 heteroatoms. The summed E-state index contributed by atoms with van der Waals surface area (Å²) in [5.74, 6) is 0.146. The number of rotatable bonds is 9. The van der Waals surface area contributed by atoms with Crippen LogP contribution in [0.2, 0.25) is 0 Å². The predicted octanol–water partition coefficient (Wildman–Crippen LogP) is 3.35. The second-order valence-electron chi connectivity index (χ2n) is 5.70. The van der Waals surface area contributed by atoms with E-state index >= 15 is 0 Å². The molecule has 27 heavy (non-hydrogen) atoms. The van der Waals surface area contributed by atoms with E-state index in [1.165, 1.54) is 6.21 Å². The summed E-state index contributed by atoms with van der Waals surface area (Å²) in [4.78, 5) is 24.7. The molecule has 0 fully saturated rings. The number of benzene rings is 2. The molecule has 0 saturated carbocycles. The molecule has 0 aliphatic rings. The highest BCUT2D eigenvalue weighted by atomic mass is 32.2. The zero-order valence-electron chi connectivity index (χ0n) is 15.2. The second-order valence-corrected chi connectivity index (χ2v) is 6.68. The van der Waals surface area contributed by atoms with E-state index in [4.69, 9.17) is 0 Å². The van der Waals surface area contributed by atoms with Gasteiger partial charge >= 0.3 is 0 Å². The molecule has 140 valence electrons. The highest BCUT2D eigenvalue weighted by Gasteiger charge is 2.20. The van der Waals surface area contributed by atoms with Gasteiger partial charge in [0, 0.05) is 11.8 Å². The van der Waals surface area contributed by atoms with Gasteiger partial charge in [0.15, 0.2) is 0 Å². The average molecular weight is 382 g/mol. The van der Waals surface area contributed by atoms with Crippen molar-refractivity contribution in [1.82, 2.24) is 10.7 Å². The third-order valence-electron chi connectivity index (χ3n) is 3.69. The summed E-state index contributed by atoms with van der Waals surface area (Å²) in [6.45, 7) is 0. The number of hydrazone groups is 1. The topological polar surface area (TPSA) is 70.6 Å². The molecule has 2 amide bonds. The Bertz CT molecular complexity index is 777. The molecular formula is C21H23N3O2S. The predicted molar refractivity (Wildman–Crippen MR) is 113 cm³/mol. The molecule has 1 atom stereocenters. The van der Waals surface area contributed by atoms with Crippen LogP contribution in [0.4, 0.5) is 0 Å². The number of carbonyl (C=O) groups excluding carboxylic acids is 2. The van der Waals surface area contributed by atoms with Gasteiger partial charge in [0.2, 0.25) is 0 Å². The molecule has 0 aromatic heterocycles. The largest absolute Gasteiger partial charge is 0.340 e. The van der Waals surface area contributed by atoms with Gasteiger partial charge in [-0.15, -0.1) is 0 Å². The molecule has 0 bridgehead atoms. The SMILES string of the molecule is CSCC[C@@H](NC(=O)c1ccccc1)C(=O)N/N=C\C=C\c1ccccc1. The maximum absolute atomic E-state index is 12.4. The fourth-order valence-corrected chi connectivity index (χ4v) is 2.75. The molecule has 0 radical (unpaired) electrons. The molecule has 2 aromatic carbocycles. The van der Waals surface area contributed by atoms with Crippen molar-refractivity contribution in [3.8, 4) is 0 Å². The van der Waals surface area contributed by atoms with Crippen molar-refractivity contribution in [2.75, 3.05) is 12.0 Å². The van der Waals surface area contributed by atoms with Crippen LogP contribution in [-0.4, -0.2) is 36.1 Å². The van der Waals surface area contributed by atoms with E-state index in [1.807, 2.05) is 48.7 Å². The van der Waals surface area contributed by atoms with Crippen LogP contribution >= 0.6 is 11.8 Å². The van der Waals surface area contributed by atoms with Gasteiger partial charge in [-0.25, -0.2) is 5.43 Å². The van der Waals surface area contributed by atoms with Crippen LogP contribution < -0.4 is 10.7 Å². The van der Waals surface area contributed by atoms with Gasteiger partial charge < -0.3 is 5.32 Å². The highest BCUT2D eigenvalue weighted by molar-refractivity contribution is 7.98. The molecule has 0 saturated heterocycles. The van der Waals surface area contributed by atoms with Gasteiger partial charge in [0.1, 0.15) is 6.04 Å². The van der Waals surface area contributed by atoms with E-state index in [2.05, 4.69) is 15.8 Å². The standard InChI is InChI=1S/C21H23N3O2S/c1-27-16-14-19(23-20(25)18-12-6-3-7-13-18)21(26)24-22-15-8-11-17-9-4-2-5-10-17/h2-13,15,19H,14,16H2,1H3,(H,23,25)(H,24,26)/b11-8+,22-15-/t19-/m1/s1. The lowest BCUT2D eigenvalue weighted by atomic mass is 10.1. The maximum Gasteiger partial charge on any atom is 0.262 e. The van der Waals surface area contributed by atoms with Crippen LogP contribution in [0.15, 0.2) is 71.8 Å². The molecule has 0 heterocycles. The monoisotopic (exact) mass is 381 g/mol. The number of carbonyl (C=O) groups is 2. The van der Waals surface area contributed by atoms with E-state index in [1.54, 1.807) is 42.1 Å². The van der Waals surface area contributed by atoms with E-state index in [0.29, 0.717) is 12.0 Å². The number of nitrogens with one attached hydrogen (secondary N) is 2. The third-order valence-corrected chi connectivity index (χ3v) is 4.34. The summed E-state index contributed by atoms with van der Waals surface area (Å²) < 4.78 is 0. The van der Waals surface area contributed by atoms with Crippen LogP contribution in [0.25, 0.3) is 6.08 Å². The lowest BCUT2D eigenvalue weighted by Crippen LogP contribution is -2.45. The summed E-state index contributed by atoms with van der Waals surface area (Å²) in [6, 6.07) is 18.0. The van der Waals surface area contributed by atoms with E-state index in [0.717, 1.165) is 11.3 Å². The van der Waals surface area contributed by atoms with Crippen molar-refractivity contribution in [1.29, 1.82) is 0 Å². The van der Waals surface area contributed by atoms with Crippen LogP contribution in [-0.2, 0) is 4.79 Å². The first kappa shape index (κ1) is 20.5. The lowest BCUT2D eigenvalue weighted by molar-refractivity contribution is -0.123. The van der Waals surface area contributed by atoms with Crippen molar-refractivity contribution in [3.63, 3.8) is 0 Å². The van der Waals surface area contributed by atoms with Gasteiger partial charge in [-0.2, -0.15) is 16.9 Å². The fourth-order valence-electron chi connectivity index (χ4n) is 2.28. The van der Waals surface area contributed by atoms with Crippen LogP contribution in [0.1, 0.15) is 22.3 Å². The number of hydrogen-bond acceptors (Lipinski definition) is 4. The Morgan fingerprint density at radius 1 is 1.07 bits per heavy atom. The Morgan fingerprint density at radius 3 is 2.41 bits per heavy atom. The first-order valence-electron chi connectivity index (χ1n) is 8.60. The Hall–Kier alpha value is -2.86. The van der Waals surface area contributed by atoms with Gasteiger partial charge in [-0.3, -0.25) is 9.59 Å². The first-order chi connectivity index (χ1) is 13.2. The van der Waals surface area contributed by atoms with E-state index in [-0.39, 0.29) is 11.8 Å². The molecule has 2 N–H and O–H groups in total. The smallest absolute Gasteiger partial charge is 0.262 e. The molecule has 0 unspecified atom stereocenters. The summed E-state index contributed by atoms with van der Waals surface area (Å²) in [7, 11) is 0. The van der Waals surface area contributed by atoms with Crippen molar-refractivity contribution < 1.29 is 9.59 Å². The fraction of sp³-hybridized carbons (Fsp3) is 0.190. The number of thioether (sulfide) groups is 1. The molecule has 5 nitrogen and oxygen atoms in total. The third kappa shape index (κ3) is 7.50. The normalized spacial score (nSPS) is 12.2. The Kier molecular flexibility index (Phi) is 8.86. The quantitative estimate of drug-likeness (QED) is 0.517. The molecular weight excluding hydrogens is 358 g/mol. The summed E-state index contributed by atoms with van der Waals surface area (Å²) in [5, 5.41) is 6.70. The number of allylic oxidation sites excluding steroid dienone is 1. The summed E-state index contributed by atoms with van der Waals surface area (Å²) in [5.41, 5.74) is 4.06. The molecule has 0 spiro atoms. The van der Waals surface area contributed by atoms with Gasteiger partial charge in [-0.05, 0) is 42.2 Å². The zero-order chi connectivity index (χ0) is 19.3. The first-order valence-corrected chi connectivity index (χ1v) is 9.99. The van der Waals surface area contributed by atoms with Gasteiger partial charge in [0.05, 0.1) is 0 Å². The molecule has 2 rings (SSSR count). The average Bonchev–Trinajstić information content (AvgIpc) is 2.72. The lowest BCUT2D eigenvalue weighted by Gasteiger charge is -2.16. The van der Waals surface area contributed by atoms with Gasteiger partial charge in [-0.1, -0.05) is 54.6 Å². The Morgan fingerprint density at radius 2 is 1.74 bits per heavy atom. The van der Waals surface area contributed by atoms with E-state index in [9.17, 15) is 9.59 Å². The second kappa shape index (κ2) is 11.7. The van der Waals surface area contributed by atoms with Crippen LogP contribution in [0, 0.1) is 0 Å². The van der Waals surface area contributed by atoms with Crippen molar-refractivity contribution >= 4 is 35.9 Å². The Labute approximate surface area is 163 Å². The maximum atomic E-state index is 12.4. The number of amides is 2. The minimum absolute atomic E-state index is 0.273. The van der Waals surface area contributed by atoms with Crippen molar-refractivity contribution in [2.45, 2.75) is 12.5 Å². The number of nitrogens with zero attached hydrogens (tertiary/aromatic N) is 1. The van der Waals surface area contributed by atoms with Crippen molar-refractivity contribution in [2.24, 2.45) is 5.10 Å². The highest BCUT2D eigenvalue weighted by Crippen LogP contribution is 2.04. The minimum atomic E-state index is -0.639. The zero-order valence-corrected chi connectivity index (χ0v) is 16.0.